The van der Waals surface area contributed by atoms with Crippen molar-refractivity contribution in [3.8, 4) is 0 Å². The SMILES string of the molecule is CC(=O)NC12CC3CC(C1)C(N)[C@@H](C3)C2. The Kier molecular flexibility index (Phi) is 1.91. The van der Waals surface area contributed by atoms with Crippen molar-refractivity contribution in [2.45, 2.75) is 50.6 Å². The van der Waals surface area contributed by atoms with Crippen molar-refractivity contribution in [1.29, 1.82) is 0 Å². The van der Waals surface area contributed by atoms with E-state index in [1.54, 1.807) is 6.92 Å². The third kappa shape index (κ3) is 1.40. The van der Waals surface area contributed by atoms with Crippen LogP contribution in [0.5, 0.6) is 0 Å². The Morgan fingerprint density at radius 2 is 1.87 bits per heavy atom. The van der Waals surface area contributed by atoms with Crippen LogP contribution in [-0.4, -0.2) is 17.5 Å². The molecule has 0 aliphatic heterocycles. The van der Waals surface area contributed by atoms with Gasteiger partial charge in [0.05, 0.1) is 0 Å². The zero-order valence-corrected chi connectivity index (χ0v) is 9.33. The van der Waals surface area contributed by atoms with E-state index in [2.05, 4.69) is 5.32 Å². The molecule has 0 aromatic rings. The van der Waals surface area contributed by atoms with Gasteiger partial charge in [0, 0.05) is 18.5 Å². The molecule has 5 atom stereocenters. The van der Waals surface area contributed by atoms with Crippen LogP contribution in [0.3, 0.4) is 0 Å². The summed E-state index contributed by atoms with van der Waals surface area (Å²) in [4.78, 5) is 11.3. The highest BCUT2D eigenvalue weighted by atomic mass is 16.1. The fourth-order valence-corrected chi connectivity index (χ4v) is 4.59. The summed E-state index contributed by atoms with van der Waals surface area (Å²) in [6.45, 7) is 1.64. The lowest BCUT2D eigenvalue weighted by Crippen LogP contribution is -2.65. The second-order valence-corrected chi connectivity index (χ2v) is 6.01. The molecule has 0 saturated heterocycles. The maximum Gasteiger partial charge on any atom is 0.217 e. The van der Waals surface area contributed by atoms with E-state index in [0.29, 0.717) is 17.9 Å². The van der Waals surface area contributed by atoms with Crippen molar-refractivity contribution in [3.05, 3.63) is 0 Å². The first-order valence-electron chi connectivity index (χ1n) is 6.12. The summed E-state index contributed by atoms with van der Waals surface area (Å²) >= 11 is 0. The van der Waals surface area contributed by atoms with Gasteiger partial charge in [-0.3, -0.25) is 4.79 Å². The van der Waals surface area contributed by atoms with Crippen molar-refractivity contribution >= 4 is 5.91 Å². The van der Waals surface area contributed by atoms with Gasteiger partial charge in [-0.2, -0.15) is 0 Å². The Morgan fingerprint density at radius 1 is 1.27 bits per heavy atom. The first kappa shape index (κ1) is 9.64. The van der Waals surface area contributed by atoms with Gasteiger partial charge in [0.25, 0.3) is 0 Å². The second kappa shape index (κ2) is 2.97. The van der Waals surface area contributed by atoms with Crippen molar-refractivity contribution in [2.75, 3.05) is 0 Å². The topological polar surface area (TPSA) is 55.1 Å². The maximum absolute atomic E-state index is 11.3. The smallest absolute Gasteiger partial charge is 0.217 e. The van der Waals surface area contributed by atoms with Gasteiger partial charge in [-0.25, -0.2) is 0 Å². The molecular weight excluding hydrogens is 188 g/mol. The van der Waals surface area contributed by atoms with E-state index in [1.165, 1.54) is 19.3 Å². The lowest BCUT2D eigenvalue weighted by atomic mass is 9.51. The molecule has 4 aliphatic rings. The number of nitrogens with two attached hydrogens (primary N) is 1. The molecule has 1 amide bonds. The van der Waals surface area contributed by atoms with E-state index in [1.807, 2.05) is 0 Å². The Labute approximate surface area is 90.8 Å². The summed E-state index contributed by atoms with van der Waals surface area (Å²) in [6, 6.07) is 0.406. The first-order chi connectivity index (χ1) is 7.08. The van der Waals surface area contributed by atoms with Crippen LogP contribution < -0.4 is 11.1 Å². The molecule has 4 aliphatic carbocycles. The number of carbonyl (C=O) groups excluding carboxylic acids is 1. The Bertz CT molecular complexity index is 286. The molecule has 0 aromatic heterocycles. The molecule has 4 unspecified atom stereocenters. The fraction of sp³-hybridized carbons (Fsp3) is 0.917. The Hall–Kier alpha value is -0.570. The van der Waals surface area contributed by atoms with Crippen molar-refractivity contribution in [3.63, 3.8) is 0 Å². The van der Waals surface area contributed by atoms with E-state index in [9.17, 15) is 4.79 Å². The lowest BCUT2D eigenvalue weighted by Gasteiger charge is -2.59. The molecule has 4 bridgehead atoms. The van der Waals surface area contributed by atoms with Gasteiger partial charge < -0.3 is 11.1 Å². The Balaban J connectivity index is 1.85. The number of rotatable bonds is 1. The number of nitrogens with one attached hydrogen (secondary N) is 1. The largest absolute Gasteiger partial charge is 0.351 e. The van der Waals surface area contributed by atoms with Crippen LogP contribution in [0.4, 0.5) is 0 Å². The minimum Gasteiger partial charge on any atom is -0.351 e. The summed E-state index contributed by atoms with van der Waals surface area (Å²) in [7, 11) is 0. The van der Waals surface area contributed by atoms with Crippen LogP contribution in [0.25, 0.3) is 0 Å². The molecule has 3 N–H and O–H groups in total. The Morgan fingerprint density at radius 3 is 2.40 bits per heavy atom. The third-order valence-corrected chi connectivity index (χ3v) is 4.79. The fourth-order valence-electron chi connectivity index (χ4n) is 4.59. The maximum atomic E-state index is 11.3. The lowest BCUT2D eigenvalue weighted by molar-refractivity contribution is -0.125. The molecule has 0 aromatic carbocycles. The minimum atomic E-state index is 0.123. The third-order valence-electron chi connectivity index (χ3n) is 4.79. The monoisotopic (exact) mass is 208 g/mol. The van der Waals surface area contributed by atoms with Gasteiger partial charge in [0.2, 0.25) is 5.91 Å². The van der Waals surface area contributed by atoms with Gasteiger partial charge in [-0.1, -0.05) is 0 Å². The molecule has 0 heterocycles. The van der Waals surface area contributed by atoms with E-state index >= 15 is 0 Å². The average molecular weight is 208 g/mol. The summed E-state index contributed by atoms with van der Waals surface area (Å²) < 4.78 is 0. The number of amides is 1. The summed E-state index contributed by atoms with van der Waals surface area (Å²) in [5.41, 5.74) is 6.37. The molecule has 0 spiro atoms. The van der Waals surface area contributed by atoms with Crippen LogP contribution in [0, 0.1) is 17.8 Å². The van der Waals surface area contributed by atoms with E-state index in [-0.39, 0.29) is 11.4 Å². The van der Waals surface area contributed by atoms with Crippen molar-refractivity contribution < 1.29 is 4.79 Å². The van der Waals surface area contributed by atoms with Crippen LogP contribution >= 0.6 is 0 Å². The van der Waals surface area contributed by atoms with E-state index in [0.717, 1.165) is 18.8 Å². The van der Waals surface area contributed by atoms with Gasteiger partial charge in [-0.15, -0.1) is 0 Å². The summed E-state index contributed by atoms with van der Waals surface area (Å²) in [5, 5.41) is 3.21. The predicted octanol–water partition coefficient (Wildman–Crippen LogP) is 1.03. The molecule has 0 radical (unpaired) electrons. The van der Waals surface area contributed by atoms with Crippen LogP contribution in [0.1, 0.15) is 39.0 Å². The average Bonchev–Trinajstić information content (AvgIpc) is 2.10. The van der Waals surface area contributed by atoms with Gasteiger partial charge in [0.1, 0.15) is 0 Å². The normalized spacial score (nSPS) is 51.9. The predicted molar refractivity (Wildman–Crippen MR) is 58.1 cm³/mol. The van der Waals surface area contributed by atoms with Crippen molar-refractivity contribution in [1.82, 2.24) is 5.32 Å². The molecule has 15 heavy (non-hydrogen) atoms. The zero-order valence-electron chi connectivity index (χ0n) is 9.33. The molecule has 4 fully saturated rings. The van der Waals surface area contributed by atoms with E-state index < -0.39 is 0 Å². The summed E-state index contributed by atoms with van der Waals surface area (Å²) in [5.74, 6) is 2.30. The van der Waals surface area contributed by atoms with Gasteiger partial charge in [0.15, 0.2) is 0 Å². The van der Waals surface area contributed by atoms with Crippen LogP contribution in [0.2, 0.25) is 0 Å². The highest BCUT2D eigenvalue weighted by Gasteiger charge is 2.54. The molecular formula is C12H20N2O. The standard InChI is InChI=1S/C12H20N2O/c1-7(15)14-12-4-8-2-9(5-12)11(13)10(3-8)6-12/h8-11H,2-6,13H2,1H3,(H,14,15)/t8?,9-,10?,11?,12?/m0/s1. The van der Waals surface area contributed by atoms with E-state index in [4.69, 9.17) is 5.73 Å². The molecule has 4 saturated carbocycles. The number of hydrogen-bond donors (Lipinski definition) is 2. The van der Waals surface area contributed by atoms with Crippen LogP contribution in [0.15, 0.2) is 0 Å². The number of carbonyl (C=O) groups is 1. The molecule has 4 rings (SSSR count). The van der Waals surface area contributed by atoms with Gasteiger partial charge in [-0.05, 0) is 49.9 Å². The van der Waals surface area contributed by atoms with Crippen molar-refractivity contribution in [2.24, 2.45) is 23.5 Å². The molecule has 84 valence electrons. The molecule has 3 nitrogen and oxygen atoms in total. The minimum absolute atomic E-state index is 0.123. The second-order valence-electron chi connectivity index (χ2n) is 6.01. The zero-order chi connectivity index (χ0) is 10.6. The highest BCUT2D eigenvalue weighted by molar-refractivity contribution is 5.74. The quantitative estimate of drug-likeness (QED) is 0.676. The van der Waals surface area contributed by atoms with Gasteiger partial charge >= 0.3 is 0 Å². The first-order valence-corrected chi connectivity index (χ1v) is 6.12. The summed E-state index contributed by atoms with van der Waals surface area (Å²) in [6.07, 6.45) is 6.06. The number of hydrogen-bond acceptors (Lipinski definition) is 2. The van der Waals surface area contributed by atoms with Crippen LogP contribution in [-0.2, 0) is 4.79 Å². The molecule has 3 heteroatoms. The highest BCUT2D eigenvalue weighted by Crippen LogP contribution is 2.55.